The number of hydrogen-bond acceptors (Lipinski definition) is 4. The molecule has 6 heteroatoms. The van der Waals surface area contributed by atoms with Gasteiger partial charge in [0.15, 0.2) is 11.5 Å². The molecular formula is C19H17ClN2O2S. The third-order valence-electron chi connectivity index (χ3n) is 4.46. The van der Waals surface area contributed by atoms with Crippen LogP contribution in [0.15, 0.2) is 35.3 Å². The van der Waals surface area contributed by atoms with Crippen LogP contribution >= 0.6 is 23.8 Å². The second kappa shape index (κ2) is 6.65. The van der Waals surface area contributed by atoms with Gasteiger partial charge in [-0.05, 0) is 48.7 Å². The molecule has 4 rings (SSSR count). The van der Waals surface area contributed by atoms with Crippen LogP contribution in [0.25, 0.3) is 0 Å². The minimum atomic E-state index is 0.277. The van der Waals surface area contributed by atoms with Crippen molar-refractivity contribution in [2.24, 2.45) is 4.99 Å². The molecule has 2 aliphatic heterocycles. The van der Waals surface area contributed by atoms with Gasteiger partial charge in [-0.15, -0.1) is 0 Å². The Morgan fingerprint density at radius 3 is 2.92 bits per heavy atom. The second-order valence-electron chi connectivity index (χ2n) is 6.08. The Labute approximate surface area is 156 Å². The molecule has 25 heavy (non-hydrogen) atoms. The van der Waals surface area contributed by atoms with Gasteiger partial charge in [0.25, 0.3) is 0 Å². The zero-order valence-corrected chi connectivity index (χ0v) is 15.3. The minimum Gasteiger partial charge on any atom is -0.454 e. The molecule has 0 bridgehead atoms. The Morgan fingerprint density at radius 2 is 2.08 bits per heavy atom. The quantitative estimate of drug-likeness (QED) is 0.802. The van der Waals surface area contributed by atoms with Gasteiger partial charge in [0.1, 0.15) is 0 Å². The molecule has 0 amide bonds. The lowest BCUT2D eigenvalue weighted by Crippen LogP contribution is -2.20. The number of aliphatic imine (C=N–C) groups is 1. The van der Waals surface area contributed by atoms with Crippen LogP contribution in [0.5, 0.6) is 11.5 Å². The maximum absolute atomic E-state index is 6.18. The minimum absolute atomic E-state index is 0.277. The number of ether oxygens (including phenoxy) is 2. The highest BCUT2D eigenvalue weighted by Gasteiger charge is 2.22. The highest BCUT2D eigenvalue weighted by molar-refractivity contribution is 7.80. The number of nitrogens with zero attached hydrogens (tertiary/aromatic N) is 1. The van der Waals surface area contributed by atoms with E-state index in [4.69, 9.17) is 33.3 Å². The number of nitrogens with one attached hydrogen (secondary N) is 1. The molecule has 4 nitrogen and oxygen atoms in total. The van der Waals surface area contributed by atoms with Crippen molar-refractivity contribution in [1.29, 1.82) is 0 Å². The SMILES string of the molecule is Cc1c(Cl)cccc1NC(=S)CC1=NCCc2cc3c(cc21)OCO3. The average Bonchev–Trinajstić information content (AvgIpc) is 3.05. The number of thiocarbonyl (C=S) groups is 1. The molecule has 0 spiro atoms. The predicted molar refractivity (Wildman–Crippen MR) is 105 cm³/mol. The summed E-state index contributed by atoms with van der Waals surface area (Å²) in [7, 11) is 0. The predicted octanol–water partition coefficient (Wildman–Crippen LogP) is 4.55. The topological polar surface area (TPSA) is 42.9 Å². The summed E-state index contributed by atoms with van der Waals surface area (Å²) in [4.78, 5) is 5.40. The fourth-order valence-electron chi connectivity index (χ4n) is 3.10. The lowest BCUT2D eigenvalue weighted by Gasteiger charge is -2.19. The van der Waals surface area contributed by atoms with E-state index in [2.05, 4.69) is 16.4 Å². The average molecular weight is 373 g/mol. The molecule has 0 saturated heterocycles. The van der Waals surface area contributed by atoms with Crippen molar-refractivity contribution in [3.05, 3.63) is 52.0 Å². The molecular weight excluding hydrogens is 356 g/mol. The van der Waals surface area contributed by atoms with Crippen LogP contribution in [0.3, 0.4) is 0 Å². The number of benzene rings is 2. The molecule has 0 fully saturated rings. The van der Waals surface area contributed by atoms with Gasteiger partial charge in [0.2, 0.25) is 6.79 Å². The van der Waals surface area contributed by atoms with Crippen molar-refractivity contribution >= 4 is 40.2 Å². The zero-order valence-electron chi connectivity index (χ0n) is 13.8. The molecule has 2 heterocycles. The van der Waals surface area contributed by atoms with Crippen molar-refractivity contribution < 1.29 is 9.47 Å². The summed E-state index contributed by atoms with van der Waals surface area (Å²) in [5.41, 5.74) is 5.23. The molecule has 0 aromatic heterocycles. The summed E-state index contributed by atoms with van der Waals surface area (Å²) in [5.74, 6) is 1.59. The van der Waals surface area contributed by atoms with Gasteiger partial charge < -0.3 is 14.8 Å². The van der Waals surface area contributed by atoms with E-state index in [-0.39, 0.29) is 6.79 Å². The molecule has 0 atom stereocenters. The first-order valence-corrected chi connectivity index (χ1v) is 8.91. The van der Waals surface area contributed by atoms with E-state index in [1.165, 1.54) is 5.56 Å². The van der Waals surface area contributed by atoms with E-state index < -0.39 is 0 Å². The highest BCUT2D eigenvalue weighted by Crippen LogP contribution is 2.36. The standard InChI is InChI=1S/C19H17ClN2O2S/c1-11-14(20)3-2-4-15(11)22-19(25)9-16-13-8-18-17(23-10-24-18)7-12(13)5-6-21-16/h2-4,7-8H,5-6,9-10H2,1H3,(H,22,25). The van der Waals surface area contributed by atoms with E-state index in [1.54, 1.807) is 0 Å². The smallest absolute Gasteiger partial charge is 0.231 e. The first-order chi connectivity index (χ1) is 12.1. The van der Waals surface area contributed by atoms with Crippen LogP contribution in [-0.4, -0.2) is 24.0 Å². The van der Waals surface area contributed by atoms with Gasteiger partial charge in [-0.2, -0.15) is 0 Å². The molecule has 2 aliphatic rings. The Balaban J connectivity index is 1.55. The van der Waals surface area contributed by atoms with Crippen LogP contribution < -0.4 is 14.8 Å². The lowest BCUT2D eigenvalue weighted by atomic mass is 9.95. The van der Waals surface area contributed by atoms with Crippen molar-refractivity contribution in [1.82, 2.24) is 0 Å². The molecule has 0 radical (unpaired) electrons. The number of rotatable bonds is 3. The molecule has 0 aliphatic carbocycles. The maximum Gasteiger partial charge on any atom is 0.231 e. The summed E-state index contributed by atoms with van der Waals surface area (Å²) in [6.45, 7) is 3.01. The van der Waals surface area contributed by atoms with Crippen molar-refractivity contribution in [3.8, 4) is 11.5 Å². The normalized spacial score (nSPS) is 14.7. The van der Waals surface area contributed by atoms with Crippen molar-refractivity contribution in [2.45, 2.75) is 19.8 Å². The van der Waals surface area contributed by atoms with E-state index in [0.29, 0.717) is 6.42 Å². The summed E-state index contributed by atoms with van der Waals surface area (Å²) >= 11 is 11.7. The van der Waals surface area contributed by atoms with Gasteiger partial charge in [-0.3, -0.25) is 4.99 Å². The molecule has 0 saturated carbocycles. The second-order valence-corrected chi connectivity index (χ2v) is 6.98. The number of hydrogen-bond donors (Lipinski definition) is 1. The van der Waals surface area contributed by atoms with Gasteiger partial charge in [-0.1, -0.05) is 29.9 Å². The lowest BCUT2D eigenvalue weighted by molar-refractivity contribution is 0.174. The maximum atomic E-state index is 6.18. The Bertz CT molecular complexity index is 895. The monoisotopic (exact) mass is 372 g/mol. The van der Waals surface area contributed by atoms with Gasteiger partial charge in [0, 0.05) is 35.0 Å². The van der Waals surface area contributed by atoms with Gasteiger partial charge in [0.05, 0.1) is 4.99 Å². The van der Waals surface area contributed by atoms with Crippen LogP contribution in [0, 0.1) is 6.92 Å². The van der Waals surface area contributed by atoms with Gasteiger partial charge in [-0.25, -0.2) is 0 Å². The third-order valence-corrected chi connectivity index (χ3v) is 5.12. The van der Waals surface area contributed by atoms with Gasteiger partial charge >= 0.3 is 0 Å². The van der Waals surface area contributed by atoms with E-state index in [1.807, 2.05) is 31.2 Å². The summed E-state index contributed by atoms with van der Waals surface area (Å²) in [5, 5.41) is 4.01. The summed E-state index contributed by atoms with van der Waals surface area (Å²) < 4.78 is 11.0. The number of fused-ring (bicyclic) bond motifs is 2. The Kier molecular flexibility index (Phi) is 4.36. The molecule has 2 aromatic carbocycles. The van der Waals surface area contributed by atoms with E-state index >= 15 is 0 Å². The molecule has 1 N–H and O–H groups in total. The van der Waals surface area contributed by atoms with E-state index in [9.17, 15) is 0 Å². The fraction of sp³-hybridized carbons (Fsp3) is 0.263. The molecule has 2 aromatic rings. The van der Waals surface area contributed by atoms with Crippen molar-refractivity contribution in [3.63, 3.8) is 0 Å². The largest absolute Gasteiger partial charge is 0.454 e. The van der Waals surface area contributed by atoms with Crippen LogP contribution in [0.2, 0.25) is 5.02 Å². The summed E-state index contributed by atoms with van der Waals surface area (Å²) in [6, 6.07) is 9.83. The Hall–Kier alpha value is -2.11. The molecule has 128 valence electrons. The van der Waals surface area contributed by atoms with E-state index in [0.717, 1.165) is 57.0 Å². The van der Waals surface area contributed by atoms with Crippen molar-refractivity contribution in [2.75, 3.05) is 18.7 Å². The van der Waals surface area contributed by atoms with Crippen LogP contribution in [0.1, 0.15) is 23.1 Å². The summed E-state index contributed by atoms with van der Waals surface area (Å²) in [6.07, 6.45) is 1.48. The number of halogens is 1. The first kappa shape index (κ1) is 16.4. The van der Waals surface area contributed by atoms with Crippen LogP contribution in [0.4, 0.5) is 5.69 Å². The number of anilines is 1. The zero-order chi connectivity index (χ0) is 17.4. The third kappa shape index (κ3) is 3.22. The fourth-order valence-corrected chi connectivity index (χ4v) is 3.52. The Morgan fingerprint density at radius 1 is 1.28 bits per heavy atom. The van der Waals surface area contributed by atoms with Crippen LogP contribution in [-0.2, 0) is 6.42 Å². The molecule has 0 unspecified atom stereocenters. The first-order valence-electron chi connectivity index (χ1n) is 8.13. The highest BCUT2D eigenvalue weighted by atomic mass is 35.5.